The molecular formula is C14H25N5O. The van der Waals surface area contributed by atoms with E-state index in [4.69, 9.17) is 0 Å². The topological polar surface area (TPSA) is 63.1 Å². The molecule has 0 aromatic carbocycles. The van der Waals surface area contributed by atoms with E-state index in [1.807, 2.05) is 6.92 Å². The van der Waals surface area contributed by atoms with E-state index >= 15 is 0 Å². The summed E-state index contributed by atoms with van der Waals surface area (Å²) in [6.07, 6.45) is 0.880. The van der Waals surface area contributed by atoms with Crippen molar-refractivity contribution in [1.29, 1.82) is 0 Å². The number of amides is 1. The highest BCUT2D eigenvalue weighted by atomic mass is 16.2. The van der Waals surface area contributed by atoms with Crippen LogP contribution in [0.1, 0.15) is 38.8 Å². The maximum atomic E-state index is 12.1. The van der Waals surface area contributed by atoms with E-state index in [-0.39, 0.29) is 11.9 Å². The van der Waals surface area contributed by atoms with Crippen molar-refractivity contribution >= 4 is 5.91 Å². The molecular weight excluding hydrogens is 254 g/mol. The SMILES string of the molecule is CCn1c(C)nnc1CN1CCNC(=O)[C@H]1CC(C)C. The summed E-state index contributed by atoms with van der Waals surface area (Å²) < 4.78 is 2.11. The molecule has 0 spiro atoms. The highest BCUT2D eigenvalue weighted by molar-refractivity contribution is 5.82. The average molecular weight is 279 g/mol. The van der Waals surface area contributed by atoms with Crippen LogP contribution in [0.25, 0.3) is 0 Å². The average Bonchev–Trinajstić information content (AvgIpc) is 2.73. The van der Waals surface area contributed by atoms with Gasteiger partial charge in [0, 0.05) is 19.6 Å². The Morgan fingerprint density at radius 1 is 1.40 bits per heavy atom. The molecule has 1 saturated heterocycles. The molecule has 1 aromatic heterocycles. The van der Waals surface area contributed by atoms with Gasteiger partial charge < -0.3 is 9.88 Å². The molecule has 1 N–H and O–H groups in total. The number of carbonyl (C=O) groups is 1. The summed E-state index contributed by atoms with van der Waals surface area (Å²) in [4.78, 5) is 14.3. The molecule has 20 heavy (non-hydrogen) atoms. The van der Waals surface area contributed by atoms with Gasteiger partial charge in [-0.3, -0.25) is 9.69 Å². The van der Waals surface area contributed by atoms with Gasteiger partial charge >= 0.3 is 0 Å². The Balaban J connectivity index is 2.14. The predicted octanol–water partition coefficient (Wildman–Crippen LogP) is 0.953. The Bertz CT molecular complexity index is 468. The smallest absolute Gasteiger partial charge is 0.237 e. The van der Waals surface area contributed by atoms with Crippen molar-refractivity contribution in [3.63, 3.8) is 0 Å². The molecule has 1 aromatic rings. The maximum absolute atomic E-state index is 12.1. The van der Waals surface area contributed by atoms with Crippen LogP contribution >= 0.6 is 0 Å². The molecule has 1 amide bonds. The molecule has 0 radical (unpaired) electrons. The summed E-state index contributed by atoms with van der Waals surface area (Å²) in [5.74, 6) is 2.53. The van der Waals surface area contributed by atoms with E-state index in [2.05, 4.69) is 45.8 Å². The van der Waals surface area contributed by atoms with E-state index in [0.717, 1.165) is 31.2 Å². The lowest BCUT2D eigenvalue weighted by Crippen LogP contribution is -2.55. The summed E-state index contributed by atoms with van der Waals surface area (Å²) >= 11 is 0. The van der Waals surface area contributed by atoms with E-state index in [1.165, 1.54) is 0 Å². The molecule has 1 aliphatic rings. The van der Waals surface area contributed by atoms with Gasteiger partial charge in [0.2, 0.25) is 5.91 Å². The second-order valence-electron chi connectivity index (χ2n) is 5.81. The summed E-state index contributed by atoms with van der Waals surface area (Å²) in [6, 6.07) is -0.0499. The lowest BCUT2D eigenvalue weighted by molar-refractivity contribution is -0.130. The van der Waals surface area contributed by atoms with Gasteiger partial charge in [-0.05, 0) is 26.2 Å². The highest BCUT2D eigenvalue weighted by Gasteiger charge is 2.31. The quantitative estimate of drug-likeness (QED) is 0.872. The Kier molecular flexibility index (Phi) is 4.75. The van der Waals surface area contributed by atoms with Gasteiger partial charge in [0.05, 0.1) is 12.6 Å². The number of piperazine rings is 1. The first-order valence-corrected chi connectivity index (χ1v) is 7.43. The Hall–Kier alpha value is -1.43. The second kappa shape index (κ2) is 6.35. The number of nitrogens with zero attached hydrogens (tertiary/aromatic N) is 4. The lowest BCUT2D eigenvalue weighted by Gasteiger charge is -2.35. The van der Waals surface area contributed by atoms with Crippen molar-refractivity contribution in [3.05, 3.63) is 11.6 Å². The Morgan fingerprint density at radius 3 is 2.80 bits per heavy atom. The fourth-order valence-electron chi connectivity index (χ4n) is 2.79. The van der Waals surface area contributed by atoms with Gasteiger partial charge in [0.15, 0.2) is 0 Å². The molecule has 6 heteroatoms. The molecule has 6 nitrogen and oxygen atoms in total. The van der Waals surface area contributed by atoms with Crippen molar-refractivity contribution in [3.8, 4) is 0 Å². The third kappa shape index (κ3) is 3.17. The number of aryl methyl sites for hydroxylation is 1. The third-order valence-corrected chi connectivity index (χ3v) is 3.81. The summed E-state index contributed by atoms with van der Waals surface area (Å²) in [7, 11) is 0. The van der Waals surface area contributed by atoms with Crippen LogP contribution in [0.5, 0.6) is 0 Å². The van der Waals surface area contributed by atoms with E-state index < -0.39 is 0 Å². The molecule has 112 valence electrons. The summed E-state index contributed by atoms with van der Waals surface area (Å²) in [5.41, 5.74) is 0. The zero-order chi connectivity index (χ0) is 14.7. The highest BCUT2D eigenvalue weighted by Crippen LogP contribution is 2.17. The van der Waals surface area contributed by atoms with Crippen LogP contribution in [-0.2, 0) is 17.9 Å². The maximum Gasteiger partial charge on any atom is 0.237 e. The van der Waals surface area contributed by atoms with Crippen molar-refractivity contribution < 1.29 is 4.79 Å². The number of hydrogen-bond donors (Lipinski definition) is 1. The van der Waals surface area contributed by atoms with E-state index in [0.29, 0.717) is 19.0 Å². The van der Waals surface area contributed by atoms with Crippen molar-refractivity contribution in [2.45, 2.75) is 53.2 Å². The number of aromatic nitrogens is 3. The van der Waals surface area contributed by atoms with Crippen LogP contribution in [0.2, 0.25) is 0 Å². The van der Waals surface area contributed by atoms with E-state index in [9.17, 15) is 4.79 Å². The fraction of sp³-hybridized carbons (Fsp3) is 0.786. The number of rotatable bonds is 5. The van der Waals surface area contributed by atoms with Crippen LogP contribution in [0, 0.1) is 12.8 Å². The summed E-state index contributed by atoms with van der Waals surface area (Å²) in [5, 5.41) is 11.4. The fourth-order valence-corrected chi connectivity index (χ4v) is 2.79. The summed E-state index contributed by atoms with van der Waals surface area (Å²) in [6.45, 7) is 11.5. The first-order valence-electron chi connectivity index (χ1n) is 7.43. The van der Waals surface area contributed by atoms with Gasteiger partial charge in [-0.1, -0.05) is 13.8 Å². The molecule has 2 heterocycles. The predicted molar refractivity (Wildman–Crippen MR) is 77.1 cm³/mol. The zero-order valence-corrected chi connectivity index (χ0v) is 12.9. The molecule has 1 fully saturated rings. The van der Waals surface area contributed by atoms with Gasteiger partial charge in [0.1, 0.15) is 11.6 Å². The van der Waals surface area contributed by atoms with Crippen LogP contribution < -0.4 is 5.32 Å². The van der Waals surface area contributed by atoms with Crippen molar-refractivity contribution in [2.24, 2.45) is 5.92 Å². The first kappa shape index (κ1) is 15.0. The van der Waals surface area contributed by atoms with Gasteiger partial charge in [-0.25, -0.2) is 0 Å². The largest absolute Gasteiger partial charge is 0.353 e. The molecule has 0 unspecified atom stereocenters. The van der Waals surface area contributed by atoms with Crippen LogP contribution in [0.4, 0.5) is 0 Å². The third-order valence-electron chi connectivity index (χ3n) is 3.81. The molecule has 1 atom stereocenters. The standard InChI is InChI=1S/C14H25N5O/c1-5-19-11(4)16-17-13(19)9-18-7-6-15-14(20)12(18)8-10(2)3/h10,12H,5-9H2,1-4H3,(H,15,20)/t12-/m1/s1. The molecule has 1 aliphatic heterocycles. The normalized spacial score (nSPS) is 20.4. The molecule has 0 bridgehead atoms. The van der Waals surface area contributed by atoms with Gasteiger partial charge in [-0.15, -0.1) is 10.2 Å². The zero-order valence-electron chi connectivity index (χ0n) is 12.9. The van der Waals surface area contributed by atoms with Gasteiger partial charge in [0.25, 0.3) is 0 Å². The Morgan fingerprint density at radius 2 is 2.15 bits per heavy atom. The van der Waals surface area contributed by atoms with Crippen LogP contribution in [-0.4, -0.2) is 44.7 Å². The van der Waals surface area contributed by atoms with Crippen LogP contribution in [0.3, 0.4) is 0 Å². The minimum atomic E-state index is -0.0499. The minimum absolute atomic E-state index is 0.0499. The minimum Gasteiger partial charge on any atom is -0.353 e. The second-order valence-corrected chi connectivity index (χ2v) is 5.81. The van der Waals surface area contributed by atoms with Crippen molar-refractivity contribution in [1.82, 2.24) is 25.0 Å². The monoisotopic (exact) mass is 279 g/mol. The number of carbonyl (C=O) groups excluding carboxylic acids is 1. The number of nitrogens with one attached hydrogen (secondary N) is 1. The molecule has 0 aliphatic carbocycles. The van der Waals surface area contributed by atoms with E-state index in [1.54, 1.807) is 0 Å². The molecule has 0 saturated carbocycles. The van der Waals surface area contributed by atoms with Crippen LogP contribution in [0.15, 0.2) is 0 Å². The Labute approximate surface area is 120 Å². The van der Waals surface area contributed by atoms with Crippen molar-refractivity contribution in [2.75, 3.05) is 13.1 Å². The number of hydrogen-bond acceptors (Lipinski definition) is 4. The lowest BCUT2D eigenvalue weighted by atomic mass is 10.00. The molecule has 2 rings (SSSR count). The van der Waals surface area contributed by atoms with Gasteiger partial charge in [-0.2, -0.15) is 0 Å². The first-order chi connectivity index (χ1) is 9.52.